The Labute approximate surface area is 123 Å². The fraction of sp³-hybridized carbons (Fsp3) is 0.667. The third kappa shape index (κ3) is 3.42. The minimum absolute atomic E-state index is 0.774. The molecule has 3 rings (SSSR count). The van der Waals surface area contributed by atoms with Gasteiger partial charge in [0.05, 0.1) is 0 Å². The maximum Gasteiger partial charge on any atom is 0.0236 e. The van der Waals surface area contributed by atoms with Gasteiger partial charge in [-0.2, -0.15) is 0 Å². The van der Waals surface area contributed by atoms with Crippen molar-refractivity contribution in [2.75, 3.05) is 26.2 Å². The minimum Gasteiger partial charge on any atom is -0.317 e. The molecule has 1 aromatic carbocycles. The van der Waals surface area contributed by atoms with Crippen LogP contribution in [0.1, 0.15) is 49.7 Å². The average molecular weight is 272 g/mol. The summed E-state index contributed by atoms with van der Waals surface area (Å²) >= 11 is 0. The highest BCUT2D eigenvalue weighted by Gasteiger charge is 2.20. The maximum atomic E-state index is 3.48. The molecule has 0 bridgehead atoms. The van der Waals surface area contributed by atoms with Gasteiger partial charge in [-0.15, -0.1) is 0 Å². The molecule has 2 saturated heterocycles. The third-order valence-corrected chi connectivity index (χ3v) is 5.10. The molecule has 1 N–H and O–H groups in total. The molecule has 2 aliphatic rings. The molecule has 2 aliphatic heterocycles. The van der Waals surface area contributed by atoms with E-state index in [9.17, 15) is 0 Å². The topological polar surface area (TPSA) is 15.3 Å². The number of nitrogens with zero attached hydrogens (tertiary/aromatic N) is 1. The molecule has 20 heavy (non-hydrogen) atoms. The lowest BCUT2D eigenvalue weighted by Gasteiger charge is -2.32. The maximum absolute atomic E-state index is 3.48. The molecule has 1 aromatic rings. The summed E-state index contributed by atoms with van der Waals surface area (Å²) in [6, 6.07) is 9.17. The molecule has 0 atom stereocenters. The van der Waals surface area contributed by atoms with Gasteiger partial charge in [-0.3, -0.25) is 4.90 Å². The minimum atomic E-state index is 0.774. The van der Waals surface area contributed by atoms with Gasteiger partial charge in [-0.1, -0.05) is 31.2 Å². The van der Waals surface area contributed by atoms with Gasteiger partial charge >= 0.3 is 0 Å². The molecule has 2 heterocycles. The normalized spacial score (nSPS) is 23.1. The van der Waals surface area contributed by atoms with Crippen molar-refractivity contribution in [1.82, 2.24) is 10.2 Å². The number of piperidine rings is 2. The van der Waals surface area contributed by atoms with E-state index in [0.29, 0.717) is 0 Å². The van der Waals surface area contributed by atoms with Crippen molar-refractivity contribution >= 4 is 0 Å². The summed E-state index contributed by atoms with van der Waals surface area (Å²) < 4.78 is 0. The van der Waals surface area contributed by atoms with E-state index in [4.69, 9.17) is 0 Å². The van der Waals surface area contributed by atoms with Gasteiger partial charge in [0.1, 0.15) is 0 Å². The van der Waals surface area contributed by atoms with Gasteiger partial charge in [0.15, 0.2) is 0 Å². The molecular formula is C18H28N2. The van der Waals surface area contributed by atoms with Crippen molar-refractivity contribution in [3.63, 3.8) is 0 Å². The monoisotopic (exact) mass is 272 g/mol. The summed E-state index contributed by atoms with van der Waals surface area (Å²) in [6.07, 6.45) is 5.34. The van der Waals surface area contributed by atoms with Crippen LogP contribution in [-0.4, -0.2) is 31.1 Å². The Balaban J connectivity index is 1.69. The van der Waals surface area contributed by atoms with Crippen LogP contribution in [-0.2, 0) is 6.54 Å². The Bertz CT molecular complexity index is 415. The van der Waals surface area contributed by atoms with Gasteiger partial charge in [0.2, 0.25) is 0 Å². The number of benzene rings is 1. The molecule has 0 spiro atoms. The molecule has 0 amide bonds. The van der Waals surface area contributed by atoms with Gasteiger partial charge in [-0.25, -0.2) is 0 Å². The van der Waals surface area contributed by atoms with Crippen molar-refractivity contribution in [2.24, 2.45) is 5.92 Å². The van der Waals surface area contributed by atoms with Crippen LogP contribution in [0.4, 0.5) is 0 Å². The van der Waals surface area contributed by atoms with E-state index in [1.54, 1.807) is 11.1 Å². The molecule has 110 valence electrons. The second-order valence-corrected chi connectivity index (χ2v) is 6.68. The van der Waals surface area contributed by atoms with E-state index in [1.165, 1.54) is 51.9 Å². The molecule has 2 fully saturated rings. The van der Waals surface area contributed by atoms with Crippen LogP contribution in [0, 0.1) is 5.92 Å². The van der Waals surface area contributed by atoms with Crippen LogP contribution >= 0.6 is 0 Å². The van der Waals surface area contributed by atoms with Crippen molar-refractivity contribution in [3.8, 4) is 0 Å². The average Bonchev–Trinajstić information content (AvgIpc) is 2.51. The Morgan fingerprint density at radius 3 is 2.50 bits per heavy atom. The smallest absolute Gasteiger partial charge is 0.0236 e. The standard InChI is InChI=1S/C18H28N2/c1-15-8-12-20(13-9-15)14-17-4-2-3-5-18(17)16-6-10-19-11-7-16/h2-5,15-16,19H,6-14H2,1H3. The number of likely N-dealkylation sites (tertiary alicyclic amines) is 1. The molecule has 0 radical (unpaired) electrons. The highest BCUT2D eigenvalue weighted by molar-refractivity contribution is 5.31. The van der Waals surface area contributed by atoms with Gasteiger partial charge in [-0.05, 0) is 74.8 Å². The molecule has 0 aromatic heterocycles. The van der Waals surface area contributed by atoms with E-state index in [-0.39, 0.29) is 0 Å². The number of rotatable bonds is 3. The lowest BCUT2D eigenvalue weighted by atomic mass is 9.86. The van der Waals surface area contributed by atoms with Crippen molar-refractivity contribution in [3.05, 3.63) is 35.4 Å². The highest BCUT2D eigenvalue weighted by atomic mass is 15.1. The van der Waals surface area contributed by atoms with Crippen LogP contribution < -0.4 is 5.32 Å². The first-order chi connectivity index (χ1) is 9.83. The van der Waals surface area contributed by atoms with E-state index in [1.807, 2.05) is 0 Å². The fourth-order valence-corrected chi connectivity index (χ4v) is 3.67. The largest absolute Gasteiger partial charge is 0.317 e. The van der Waals surface area contributed by atoms with E-state index in [2.05, 4.69) is 41.4 Å². The Morgan fingerprint density at radius 1 is 1.05 bits per heavy atom. The van der Waals surface area contributed by atoms with Crippen LogP contribution in [0.25, 0.3) is 0 Å². The van der Waals surface area contributed by atoms with Crippen LogP contribution in [0.3, 0.4) is 0 Å². The lowest BCUT2D eigenvalue weighted by Crippen LogP contribution is -2.33. The van der Waals surface area contributed by atoms with E-state index >= 15 is 0 Å². The summed E-state index contributed by atoms with van der Waals surface area (Å²) in [6.45, 7) is 8.47. The second-order valence-electron chi connectivity index (χ2n) is 6.68. The van der Waals surface area contributed by atoms with E-state index in [0.717, 1.165) is 18.4 Å². The van der Waals surface area contributed by atoms with E-state index < -0.39 is 0 Å². The Hall–Kier alpha value is -0.860. The third-order valence-electron chi connectivity index (χ3n) is 5.10. The Morgan fingerprint density at radius 2 is 1.75 bits per heavy atom. The molecule has 0 unspecified atom stereocenters. The van der Waals surface area contributed by atoms with Gasteiger partial charge in [0.25, 0.3) is 0 Å². The molecule has 2 heteroatoms. The predicted octanol–water partition coefficient (Wildman–Crippen LogP) is 3.39. The summed E-state index contributed by atoms with van der Waals surface area (Å²) in [7, 11) is 0. The molecular weight excluding hydrogens is 244 g/mol. The van der Waals surface area contributed by atoms with Crippen LogP contribution in [0.15, 0.2) is 24.3 Å². The molecule has 0 saturated carbocycles. The number of hydrogen-bond acceptors (Lipinski definition) is 2. The van der Waals surface area contributed by atoms with Crippen molar-refractivity contribution < 1.29 is 0 Å². The predicted molar refractivity (Wildman–Crippen MR) is 85.0 cm³/mol. The van der Waals surface area contributed by atoms with Crippen molar-refractivity contribution in [1.29, 1.82) is 0 Å². The number of nitrogens with one attached hydrogen (secondary N) is 1. The van der Waals surface area contributed by atoms with Gasteiger partial charge < -0.3 is 5.32 Å². The molecule has 0 aliphatic carbocycles. The zero-order valence-corrected chi connectivity index (χ0v) is 12.8. The summed E-state index contributed by atoms with van der Waals surface area (Å²) in [5, 5.41) is 3.48. The van der Waals surface area contributed by atoms with Gasteiger partial charge in [0, 0.05) is 6.54 Å². The summed E-state index contributed by atoms with van der Waals surface area (Å²) in [5.41, 5.74) is 3.20. The Kier molecular flexibility index (Phi) is 4.74. The number of hydrogen-bond donors (Lipinski definition) is 1. The second kappa shape index (κ2) is 6.73. The SMILES string of the molecule is CC1CCN(Cc2ccccc2C2CCNCC2)CC1. The zero-order chi connectivity index (χ0) is 13.8. The highest BCUT2D eigenvalue weighted by Crippen LogP contribution is 2.29. The summed E-state index contributed by atoms with van der Waals surface area (Å²) in [4.78, 5) is 2.65. The molecule has 2 nitrogen and oxygen atoms in total. The lowest BCUT2D eigenvalue weighted by molar-refractivity contribution is 0.184. The van der Waals surface area contributed by atoms with Crippen molar-refractivity contribution in [2.45, 2.75) is 45.1 Å². The first-order valence-electron chi connectivity index (χ1n) is 8.34. The first kappa shape index (κ1) is 14.1. The summed E-state index contributed by atoms with van der Waals surface area (Å²) in [5.74, 6) is 1.70. The van der Waals surface area contributed by atoms with Crippen LogP contribution in [0.5, 0.6) is 0 Å². The first-order valence-corrected chi connectivity index (χ1v) is 8.34. The zero-order valence-electron chi connectivity index (χ0n) is 12.8. The fourth-order valence-electron chi connectivity index (χ4n) is 3.67. The quantitative estimate of drug-likeness (QED) is 0.907. The van der Waals surface area contributed by atoms with Crippen LogP contribution in [0.2, 0.25) is 0 Å².